The van der Waals surface area contributed by atoms with Crippen LogP contribution in [0.4, 0.5) is 4.79 Å². The van der Waals surface area contributed by atoms with Crippen molar-refractivity contribution in [2.45, 2.75) is 31.9 Å². The SMILES string of the molecule is CC1OCCC1(C)NC(=O)NOCC(=O)O. The van der Waals surface area contributed by atoms with Gasteiger partial charge in [0.25, 0.3) is 0 Å². The second kappa shape index (κ2) is 5.13. The van der Waals surface area contributed by atoms with Gasteiger partial charge in [-0.05, 0) is 20.3 Å². The molecule has 2 atom stereocenters. The van der Waals surface area contributed by atoms with E-state index >= 15 is 0 Å². The van der Waals surface area contributed by atoms with Gasteiger partial charge in [0.2, 0.25) is 0 Å². The van der Waals surface area contributed by atoms with Gasteiger partial charge in [0, 0.05) is 6.61 Å². The van der Waals surface area contributed by atoms with Crippen LogP contribution in [0.15, 0.2) is 0 Å². The molecule has 1 saturated heterocycles. The molecule has 7 nitrogen and oxygen atoms in total. The van der Waals surface area contributed by atoms with Crippen LogP contribution in [0.25, 0.3) is 0 Å². The van der Waals surface area contributed by atoms with E-state index in [1.165, 1.54) is 0 Å². The summed E-state index contributed by atoms with van der Waals surface area (Å²) >= 11 is 0. The topological polar surface area (TPSA) is 96.9 Å². The summed E-state index contributed by atoms with van der Waals surface area (Å²) in [7, 11) is 0. The van der Waals surface area contributed by atoms with Crippen molar-refractivity contribution in [1.82, 2.24) is 10.8 Å². The van der Waals surface area contributed by atoms with Gasteiger partial charge in [0.15, 0.2) is 6.61 Å². The first kappa shape index (κ1) is 12.7. The van der Waals surface area contributed by atoms with E-state index in [9.17, 15) is 9.59 Å². The van der Waals surface area contributed by atoms with Gasteiger partial charge in [-0.1, -0.05) is 0 Å². The summed E-state index contributed by atoms with van der Waals surface area (Å²) in [6.45, 7) is 3.75. The number of hydrogen-bond donors (Lipinski definition) is 3. The fraction of sp³-hybridized carbons (Fsp3) is 0.778. The maximum absolute atomic E-state index is 11.3. The second-order valence-corrected chi connectivity index (χ2v) is 3.92. The first-order valence-corrected chi connectivity index (χ1v) is 4.97. The smallest absolute Gasteiger partial charge is 0.339 e. The highest BCUT2D eigenvalue weighted by atomic mass is 16.7. The summed E-state index contributed by atoms with van der Waals surface area (Å²) in [6.07, 6.45) is 0.623. The van der Waals surface area contributed by atoms with E-state index in [0.717, 1.165) is 0 Å². The maximum atomic E-state index is 11.3. The number of rotatable bonds is 4. The number of carbonyl (C=O) groups is 2. The largest absolute Gasteiger partial charge is 0.479 e. The molecule has 2 unspecified atom stereocenters. The molecule has 0 bridgehead atoms. The first-order chi connectivity index (χ1) is 7.44. The number of aliphatic carboxylic acids is 1. The van der Waals surface area contributed by atoms with E-state index < -0.39 is 24.1 Å². The predicted octanol–water partition coefficient (Wildman–Crippen LogP) is -0.131. The Kier molecular flexibility index (Phi) is 4.08. The molecule has 0 aromatic rings. The number of carbonyl (C=O) groups excluding carboxylic acids is 1. The highest BCUT2D eigenvalue weighted by molar-refractivity contribution is 5.74. The third-order valence-electron chi connectivity index (χ3n) is 2.65. The quantitative estimate of drug-likeness (QED) is 0.587. The lowest BCUT2D eigenvalue weighted by atomic mass is 9.95. The molecule has 3 N–H and O–H groups in total. The van der Waals surface area contributed by atoms with E-state index in [1.807, 2.05) is 19.3 Å². The summed E-state index contributed by atoms with van der Waals surface area (Å²) in [4.78, 5) is 25.9. The fourth-order valence-electron chi connectivity index (χ4n) is 1.45. The van der Waals surface area contributed by atoms with Crippen molar-refractivity contribution in [1.29, 1.82) is 0 Å². The molecule has 0 aromatic carbocycles. The van der Waals surface area contributed by atoms with Crippen molar-refractivity contribution < 1.29 is 24.3 Å². The Hall–Kier alpha value is -1.34. The highest BCUT2D eigenvalue weighted by Gasteiger charge is 2.38. The standard InChI is InChI=1S/C9H16N2O5/c1-6-9(2,3-4-15-6)10-8(14)11-16-5-7(12)13/h6H,3-5H2,1-2H3,(H,12,13)(H2,10,11,14). The van der Waals surface area contributed by atoms with Crippen molar-refractivity contribution >= 4 is 12.0 Å². The van der Waals surface area contributed by atoms with Gasteiger partial charge in [-0.3, -0.25) is 4.84 Å². The number of nitrogens with one attached hydrogen (secondary N) is 2. The van der Waals surface area contributed by atoms with Crippen molar-refractivity contribution in [2.75, 3.05) is 13.2 Å². The lowest BCUT2D eigenvalue weighted by molar-refractivity contribution is -0.144. The monoisotopic (exact) mass is 232 g/mol. The van der Waals surface area contributed by atoms with Gasteiger partial charge >= 0.3 is 12.0 Å². The summed E-state index contributed by atoms with van der Waals surface area (Å²) in [5.74, 6) is -1.15. The minimum Gasteiger partial charge on any atom is -0.479 e. The average Bonchev–Trinajstić information content (AvgIpc) is 2.46. The molecular formula is C9H16N2O5. The molecule has 0 aliphatic carbocycles. The number of hydroxylamine groups is 1. The second-order valence-electron chi connectivity index (χ2n) is 3.92. The van der Waals surface area contributed by atoms with Crippen molar-refractivity contribution in [3.05, 3.63) is 0 Å². The summed E-state index contributed by atoms with van der Waals surface area (Å²) < 4.78 is 5.33. The lowest BCUT2D eigenvalue weighted by Gasteiger charge is -2.28. The van der Waals surface area contributed by atoms with Crippen molar-refractivity contribution in [3.8, 4) is 0 Å². The van der Waals surface area contributed by atoms with Gasteiger partial charge in [0.1, 0.15) is 0 Å². The Morgan fingerprint density at radius 3 is 2.81 bits per heavy atom. The number of carboxylic acid groups (broad SMARTS) is 1. The molecule has 7 heteroatoms. The van der Waals surface area contributed by atoms with Gasteiger partial charge < -0.3 is 15.2 Å². The zero-order valence-corrected chi connectivity index (χ0v) is 9.28. The molecule has 0 radical (unpaired) electrons. The zero-order chi connectivity index (χ0) is 12.2. The first-order valence-electron chi connectivity index (χ1n) is 4.97. The molecule has 1 rings (SSSR count). The van der Waals surface area contributed by atoms with Crippen LogP contribution in [0.1, 0.15) is 20.3 Å². The van der Waals surface area contributed by atoms with Gasteiger partial charge in [0.05, 0.1) is 11.6 Å². The van der Waals surface area contributed by atoms with Crippen molar-refractivity contribution in [3.63, 3.8) is 0 Å². The maximum Gasteiger partial charge on any atom is 0.339 e. The molecule has 0 saturated carbocycles. The molecule has 1 fully saturated rings. The van der Waals surface area contributed by atoms with Crippen LogP contribution < -0.4 is 10.8 Å². The molecule has 1 heterocycles. The molecule has 1 aliphatic rings. The van der Waals surface area contributed by atoms with Crippen LogP contribution in [0.3, 0.4) is 0 Å². The molecular weight excluding hydrogens is 216 g/mol. The van der Waals surface area contributed by atoms with E-state index in [4.69, 9.17) is 9.84 Å². The van der Waals surface area contributed by atoms with Crippen LogP contribution in [-0.4, -0.2) is 42.0 Å². The van der Waals surface area contributed by atoms with Crippen LogP contribution in [0.5, 0.6) is 0 Å². The third-order valence-corrected chi connectivity index (χ3v) is 2.65. The Morgan fingerprint density at radius 1 is 1.62 bits per heavy atom. The van der Waals surface area contributed by atoms with Crippen LogP contribution in [-0.2, 0) is 14.4 Å². The van der Waals surface area contributed by atoms with E-state index in [1.54, 1.807) is 0 Å². The summed E-state index contributed by atoms with van der Waals surface area (Å²) in [6, 6.07) is -0.568. The average molecular weight is 232 g/mol. The fourth-order valence-corrected chi connectivity index (χ4v) is 1.45. The molecule has 0 spiro atoms. The van der Waals surface area contributed by atoms with Crippen molar-refractivity contribution in [2.24, 2.45) is 0 Å². The minimum atomic E-state index is -1.15. The van der Waals surface area contributed by atoms with E-state index in [0.29, 0.717) is 13.0 Å². The normalized spacial score (nSPS) is 28.8. The Morgan fingerprint density at radius 2 is 2.31 bits per heavy atom. The van der Waals surface area contributed by atoms with E-state index in [2.05, 4.69) is 10.2 Å². The van der Waals surface area contributed by atoms with E-state index in [-0.39, 0.29) is 6.10 Å². The molecule has 0 aromatic heterocycles. The molecule has 16 heavy (non-hydrogen) atoms. The summed E-state index contributed by atoms with van der Waals surface area (Å²) in [5.41, 5.74) is 1.55. The van der Waals surface area contributed by atoms with Crippen LogP contribution >= 0.6 is 0 Å². The third kappa shape index (κ3) is 3.35. The number of carboxylic acids is 1. The van der Waals surface area contributed by atoms with Gasteiger partial charge in [-0.25, -0.2) is 15.1 Å². The number of urea groups is 1. The predicted molar refractivity (Wildman–Crippen MR) is 53.7 cm³/mol. The number of amides is 2. The van der Waals surface area contributed by atoms with Gasteiger partial charge in [-0.2, -0.15) is 0 Å². The number of hydrogen-bond acceptors (Lipinski definition) is 4. The Bertz CT molecular complexity index is 283. The Balaban J connectivity index is 2.31. The highest BCUT2D eigenvalue weighted by Crippen LogP contribution is 2.24. The zero-order valence-electron chi connectivity index (χ0n) is 9.28. The molecule has 2 amide bonds. The molecule has 1 aliphatic heterocycles. The Labute approximate surface area is 93.1 Å². The molecule has 92 valence electrons. The lowest BCUT2D eigenvalue weighted by Crippen LogP contribution is -2.54. The summed E-state index contributed by atoms with van der Waals surface area (Å²) in [5, 5.41) is 11.0. The minimum absolute atomic E-state index is 0.0854. The van der Waals surface area contributed by atoms with Gasteiger partial charge in [-0.15, -0.1) is 0 Å². The number of ether oxygens (including phenoxy) is 1. The van der Waals surface area contributed by atoms with Crippen LogP contribution in [0, 0.1) is 0 Å². The van der Waals surface area contributed by atoms with Crippen LogP contribution in [0.2, 0.25) is 0 Å².